The van der Waals surface area contributed by atoms with Crippen molar-refractivity contribution in [3.05, 3.63) is 76.3 Å². The van der Waals surface area contributed by atoms with Gasteiger partial charge in [0.25, 0.3) is 0 Å². The third-order valence-corrected chi connectivity index (χ3v) is 11.5. The summed E-state index contributed by atoms with van der Waals surface area (Å²) in [6, 6.07) is 15.4. The van der Waals surface area contributed by atoms with E-state index < -0.39 is 0 Å². The Morgan fingerprint density at radius 3 is 1.62 bits per heavy atom. The van der Waals surface area contributed by atoms with E-state index in [4.69, 9.17) is 59.5 Å². The molecule has 14 nitrogen and oxygen atoms in total. The molecule has 4 saturated heterocycles. The summed E-state index contributed by atoms with van der Waals surface area (Å²) in [5, 5.41) is 10.7. The zero-order valence-corrected chi connectivity index (χ0v) is 37.3. The quantitative estimate of drug-likeness (QED) is 0.0625. The van der Waals surface area contributed by atoms with E-state index in [0.717, 1.165) is 81.5 Å². The van der Waals surface area contributed by atoms with Gasteiger partial charge < -0.3 is 40.6 Å². The summed E-state index contributed by atoms with van der Waals surface area (Å²) in [5.74, 6) is 3.45. The van der Waals surface area contributed by atoms with Crippen molar-refractivity contribution in [1.82, 2.24) is 29.7 Å². The number of nitrogens with one attached hydrogen (secondary N) is 3. The van der Waals surface area contributed by atoms with Crippen LogP contribution >= 0.6 is 34.8 Å². The second-order valence-electron chi connectivity index (χ2n) is 15.5. The molecule has 2 aromatic heterocycles. The van der Waals surface area contributed by atoms with Gasteiger partial charge in [-0.1, -0.05) is 36.0 Å². The number of benzene rings is 2. The Hall–Kier alpha value is -3.89. The largest absolute Gasteiger partial charge is 0.492 e. The first kappa shape index (κ1) is 46.6. The summed E-state index contributed by atoms with van der Waals surface area (Å²) in [6.07, 6.45) is 15.9. The zero-order valence-electron chi connectivity index (χ0n) is 35.0. The highest BCUT2D eigenvalue weighted by atomic mass is 35.5. The molecule has 17 heteroatoms. The minimum atomic E-state index is 0.189. The average Bonchev–Trinajstić information content (AvgIpc) is 4.02. The van der Waals surface area contributed by atoms with Crippen molar-refractivity contribution in [1.29, 1.82) is 0 Å². The smallest absolute Gasteiger partial charge is 0.229 e. The first-order valence-corrected chi connectivity index (χ1v) is 22.8. The number of nitrogens with two attached hydrogens (primary N) is 1. The highest BCUT2D eigenvalue weighted by Gasteiger charge is 2.18. The van der Waals surface area contributed by atoms with Gasteiger partial charge >= 0.3 is 0 Å². The highest BCUT2D eigenvalue weighted by Crippen LogP contribution is 2.25. The molecule has 0 radical (unpaired) electrons. The van der Waals surface area contributed by atoms with Gasteiger partial charge in [0.1, 0.15) is 40.6 Å². The van der Waals surface area contributed by atoms with Crippen LogP contribution in [0, 0.1) is 0 Å². The van der Waals surface area contributed by atoms with Gasteiger partial charge in [-0.25, -0.2) is 9.97 Å². The van der Waals surface area contributed by atoms with Gasteiger partial charge in [-0.3, -0.25) is 9.80 Å². The van der Waals surface area contributed by atoms with E-state index in [0.29, 0.717) is 47.3 Å². The van der Waals surface area contributed by atoms with E-state index >= 15 is 0 Å². The van der Waals surface area contributed by atoms with E-state index in [2.05, 4.69) is 45.7 Å². The van der Waals surface area contributed by atoms with Crippen LogP contribution in [0.3, 0.4) is 0 Å². The highest BCUT2D eigenvalue weighted by molar-refractivity contribution is 6.33. The van der Waals surface area contributed by atoms with Crippen molar-refractivity contribution < 1.29 is 18.9 Å². The number of halogens is 3. The second kappa shape index (κ2) is 25.9. The van der Waals surface area contributed by atoms with Gasteiger partial charge in [-0.05, 0) is 138 Å². The van der Waals surface area contributed by atoms with Crippen molar-refractivity contribution in [3.8, 4) is 11.5 Å². The number of likely N-dealkylation sites (tertiary alicyclic amines) is 2. The SMILES string of the molecule is Clc1cnc(Nc2ccc(OCCN3CCCCC3)cc2)nc1NCC1CCCO1.Clc1ncc(Cl)c(NCC2CCCO2)n1.Nc1ccc(OCCN2CCCCC2)cc1. The molecule has 4 aliphatic heterocycles. The molecule has 332 valence electrons. The summed E-state index contributed by atoms with van der Waals surface area (Å²) in [5.41, 5.74) is 7.28. The van der Waals surface area contributed by atoms with Crippen LogP contribution in [0.4, 0.5) is 29.0 Å². The fourth-order valence-electron chi connectivity index (χ4n) is 7.33. The van der Waals surface area contributed by atoms with Gasteiger partial charge in [-0.2, -0.15) is 9.97 Å². The molecule has 2 aromatic carbocycles. The number of hydrogen-bond acceptors (Lipinski definition) is 14. The number of nitrogens with zero attached hydrogens (tertiary/aromatic N) is 6. The molecule has 2 atom stereocenters. The van der Waals surface area contributed by atoms with Gasteiger partial charge in [0.15, 0.2) is 5.82 Å². The maximum atomic E-state index is 6.23. The van der Waals surface area contributed by atoms with E-state index in [1.807, 2.05) is 48.5 Å². The Bertz CT molecular complexity index is 1840. The van der Waals surface area contributed by atoms with Crippen LogP contribution in [-0.2, 0) is 9.47 Å². The number of rotatable bonds is 16. The fourth-order valence-corrected chi connectivity index (χ4v) is 7.78. The van der Waals surface area contributed by atoms with Gasteiger partial charge in [0, 0.05) is 50.8 Å². The van der Waals surface area contributed by atoms with Crippen molar-refractivity contribution in [2.75, 3.05) is 100 Å². The van der Waals surface area contributed by atoms with Crippen LogP contribution in [0.25, 0.3) is 0 Å². The molecule has 0 bridgehead atoms. The lowest BCUT2D eigenvalue weighted by atomic mass is 10.1. The molecule has 4 fully saturated rings. The molecule has 0 amide bonds. The molecule has 6 heterocycles. The number of hydrogen-bond donors (Lipinski definition) is 4. The standard InChI is InChI=1S/C22H30ClN5O2.C13H20N2O.C9H11Cl2N3O/c23-20-16-25-22(27-21(20)24-15-19-5-4-13-29-19)26-17-6-8-18(9-7-17)30-14-12-28-10-2-1-3-11-28;14-12-4-6-13(7-5-12)16-11-10-15-8-2-1-3-9-15;10-7-5-13-9(11)14-8(7)12-4-6-2-1-3-15-6/h6-9,16,19H,1-5,10-15H2,(H2,24,25,26,27);4-7H,1-3,8-11,14H2;5-6H,1-4H2,(H,12,13,14). The van der Waals surface area contributed by atoms with Crippen LogP contribution < -0.4 is 31.2 Å². The van der Waals surface area contributed by atoms with Crippen LogP contribution in [0.2, 0.25) is 15.3 Å². The molecule has 5 N–H and O–H groups in total. The van der Waals surface area contributed by atoms with Gasteiger partial charge in [0.05, 0.1) is 24.6 Å². The van der Waals surface area contributed by atoms with Crippen LogP contribution in [0.5, 0.6) is 11.5 Å². The summed E-state index contributed by atoms with van der Waals surface area (Å²) >= 11 is 17.8. The summed E-state index contributed by atoms with van der Waals surface area (Å²) < 4.78 is 22.7. The lowest BCUT2D eigenvalue weighted by Gasteiger charge is -2.26. The third-order valence-electron chi connectivity index (χ3n) is 10.7. The predicted octanol–water partition coefficient (Wildman–Crippen LogP) is 8.84. The monoisotopic (exact) mass is 898 g/mol. The van der Waals surface area contributed by atoms with E-state index in [-0.39, 0.29) is 17.5 Å². The Balaban J connectivity index is 0.000000169. The molecule has 0 aliphatic carbocycles. The Morgan fingerprint density at radius 2 is 1.11 bits per heavy atom. The van der Waals surface area contributed by atoms with Crippen molar-refractivity contribution in [2.45, 2.75) is 76.4 Å². The van der Waals surface area contributed by atoms with Gasteiger partial charge in [-0.15, -0.1) is 0 Å². The molecule has 2 unspecified atom stereocenters. The molecule has 0 spiro atoms. The van der Waals surface area contributed by atoms with E-state index in [1.54, 1.807) is 6.20 Å². The topological polar surface area (TPSA) is 157 Å². The lowest BCUT2D eigenvalue weighted by Crippen LogP contribution is -2.33. The number of anilines is 5. The number of ether oxygens (including phenoxy) is 4. The minimum absolute atomic E-state index is 0.189. The van der Waals surface area contributed by atoms with Crippen molar-refractivity contribution >= 4 is 63.8 Å². The van der Waals surface area contributed by atoms with Crippen LogP contribution in [0.15, 0.2) is 60.9 Å². The van der Waals surface area contributed by atoms with E-state index in [9.17, 15) is 0 Å². The Kier molecular flexibility index (Phi) is 19.8. The normalized spacial score (nSPS) is 19.2. The Labute approximate surface area is 375 Å². The first-order chi connectivity index (χ1) is 29.9. The third kappa shape index (κ3) is 17.1. The van der Waals surface area contributed by atoms with Crippen LogP contribution in [0.1, 0.15) is 64.2 Å². The van der Waals surface area contributed by atoms with Gasteiger partial charge in [0.2, 0.25) is 11.2 Å². The molecule has 0 saturated carbocycles. The molecule has 4 aliphatic rings. The predicted molar refractivity (Wildman–Crippen MR) is 246 cm³/mol. The lowest BCUT2D eigenvalue weighted by molar-refractivity contribution is 0.120. The average molecular weight is 900 g/mol. The number of aromatic nitrogens is 4. The summed E-state index contributed by atoms with van der Waals surface area (Å²) in [4.78, 5) is 21.5. The molecule has 61 heavy (non-hydrogen) atoms. The summed E-state index contributed by atoms with van der Waals surface area (Å²) in [7, 11) is 0. The molecular weight excluding hydrogens is 839 g/mol. The fraction of sp³-hybridized carbons (Fsp3) is 0.545. The first-order valence-electron chi connectivity index (χ1n) is 21.7. The van der Waals surface area contributed by atoms with Crippen molar-refractivity contribution in [2.24, 2.45) is 0 Å². The zero-order chi connectivity index (χ0) is 42.5. The maximum Gasteiger partial charge on any atom is 0.229 e. The summed E-state index contributed by atoms with van der Waals surface area (Å²) in [6.45, 7) is 11.4. The van der Waals surface area contributed by atoms with E-state index in [1.165, 1.54) is 70.9 Å². The van der Waals surface area contributed by atoms with Crippen molar-refractivity contribution in [3.63, 3.8) is 0 Å². The molecule has 8 rings (SSSR count). The maximum absolute atomic E-state index is 6.23. The molecule has 4 aromatic rings. The minimum Gasteiger partial charge on any atom is -0.492 e. The van der Waals surface area contributed by atoms with Crippen LogP contribution in [-0.4, -0.2) is 121 Å². The Morgan fingerprint density at radius 1 is 0.623 bits per heavy atom. The number of piperidine rings is 2. The molecular formula is C44H61Cl3N10O4. The number of nitrogen functional groups attached to an aromatic ring is 1. The second-order valence-corrected chi connectivity index (χ2v) is 16.6.